The molecule has 0 radical (unpaired) electrons. The highest BCUT2D eigenvalue weighted by molar-refractivity contribution is 5.86. The van der Waals surface area contributed by atoms with Crippen LogP contribution in [-0.2, 0) is 4.79 Å². The Kier molecular flexibility index (Phi) is 8.58. The molecule has 1 rings (SSSR count). The molecule has 0 aromatic heterocycles. The van der Waals surface area contributed by atoms with Gasteiger partial charge >= 0.3 is 0 Å². The van der Waals surface area contributed by atoms with E-state index in [0.29, 0.717) is 0 Å². The van der Waals surface area contributed by atoms with Crippen molar-refractivity contribution in [2.75, 3.05) is 0 Å². The summed E-state index contributed by atoms with van der Waals surface area (Å²) in [6.07, 6.45) is 16.3. The van der Waals surface area contributed by atoms with Crippen LogP contribution in [0.25, 0.3) is 0 Å². The van der Waals surface area contributed by atoms with Crippen molar-refractivity contribution >= 4 is 5.78 Å². The van der Waals surface area contributed by atoms with E-state index in [9.17, 15) is 4.79 Å². The molecule has 0 aromatic rings. The lowest BCUT2D eigenvalue weighted by Crippen LogP contribution is -2.27. The maximum Gasteiger partial charge on any atom is 0.152 e. The number of carbonyl (C=O) groups excluding carboxylic acids is 1. The molecule has 0 aliphatic heterocycles. The lowest BCUT2D eigenvalue weighted by atomic mass is 9.75. The first-order valence-corrected chi connectivity index (χ1v) is 8.59. The highest BCUT2D eigenvalue weighted by atomic mass is 16.1. The Morgan fingerprint density at radius 1 is 0.850 bits per heavy atom. The van der Waals surface area contributed by atoms with Gasteiger partial charge in [-0.2, -0.15) is 5.26 Å². The monoisotopic (exact) mass is 277 g/mol. The van der Waals surface area contributed by atoms with Crippen LogP contribution in [0, 0.1) is 16.7 Å². The number of rotatable bonds is 2. The molecule has 0 spiro atoms. The summed E-state index contributed by atoms with van der Waals surface area (Å²) >= 11 is 0. The normalized spacial score (nSPS) is 22.4. The molecule has 0 heterocycles. The predicted octanol–water partition coefficient (Wildman–Crippen LogP) is 5.56. The fraction of sp³-hybridized carbons (Fsp3) is 0.889. The molecule has 2 heteroatoms. The zero-order valence-corrected chi connectivity index (χ0v) is 13.3. The van der Waals surface area contributed by atoms with Gasteiger partial charge in [-0.3, -0.25) is 4.79 Å². The summed E-state index contributed by atoms with van der Waals surface area (Å²) < 4.78 is 0. The molecule has 2 nitrogen and oxygen atoms in total. The summed E-state index contributed by atoms with van der Waals surface area (Å²) in [4.78, 5) is 12.2. The Bertz CT molecular complexity index is 302. The Morgan fingerprint density at radius 2 is 1.20 bits per heavy atom. The summed E-state index contributed by atoms with van der Waals surface area (Å²) in [7, 11) is 0. The van der Waals surface area contributed by atoms with E-state index in [-0.39, 0.29) is 17.6 Å². The molecule has 1 aliphatic rings. The molecule has 1 aliphatic carbocycles. The third kappa shape index (κ3) is 6.55. The lowest BCUT2D eigenvalue weighted by molar-refractivity contribution is -0.127. The van der Waals surface area contributed by atoms with E-state index in [0.717, 1.165) is 25.7 Å². The number of carbonyl (C=O) groups is 1. The molecule has 0 atom stereocenters. The molecule has 0 unspecified atom stereocenters. The maximum absolute atomic E-state index is 12.2. The first kappa shape index (κ1) is 17.2. The van der Waals surface area contributed by atoms with Crippen LogP contribution >= 0.6 is 0 Å². The van der Waals surface area contributed by atoms with Crippen molar-refractivity contribution in [1.82, 2.24) is 0 Å². The van der Waals surface area contributed by atoms with E-state index in [4.69, 9.17) is 5.26 Å². The van der Waals surface area contributed by atoms with Crippen LogP contribution < -0.4 is 0 Å². The van der Waals surface area contributed by atoms with Crippen molar-refractivity contribution < 1.29 is 4.79 Å². The molecular weight excluding hydrogens is 246 g/mol. The molecule has 0 N–H and O–H groups in total. The maximum atomic E-state index is 12.2. The summed E-state index contributed by atoms with van der Waals surface area (Å²) in [5.41, 5.74) is -0.236. The SMILES string of the molecule is CC1(C(=O)CC#N)CCCCCCCCCCCCC1. The Hall–Kier alpha value is -0.840. The van der Waals surface area contributed by atoms with E-state index >= 15 is 0 Å². The molecule has 1 fully saturated rings. The Morgan fingerprint density at radius 3 is 1.55 bits per heavy atom. The van der Waals surface area contributed by atoms with Crippen molar-refractivity contribution in [2.24, 2.45) is 5.41 Å². The van der Waals surface area contributed by atoms with E-state index < -0.39 is 0 Å². The van der Waals surface area contributed by atoms with E-state index in [1.807, 2.05) is 6.07 Å². The summed E-state index contributed by atoms with van der Waals surface area (Å²) in [6.45, 7) is 2.10. The summed E-state index contributed by atoms with van der Waals surface area (Å²) in [6, 6.07) is 2.05. The van der Waals surface area contributed by atoms with E-state index in [1.54, 1.807) is 0 Å². The van der Waals surface area contributed by atoms with E-state index in [2.05, 4.69) is 6.92 Å². The topological polar surface area (TPSA) is 40.9 Å². The third-order valence-corrected chi connectivity index (χ3v) is 4.87. The number of nitrogens with zero attached hydrogens (tertiary/aromatic N) is 1. The van der Waals surface area contributed by atoms with Crippen molar-refractivity contribution in [3.8, 4) is 6.07 Å². The van der Waals surface area contributed by atoms with Crippen molar-refractivity contribution in [3.05, 3.63) is 0 Å². The van der Waals surface area contributed by atoms with Gasteiger partial charge in [0, 0.05) is 5.41 Å². The second kappa shape index (κ2) is 9.97. The predicted molar refractivity (Wildman–Crippen MR) is 83.4 cm³/mol. The summed E-state index contributed by atoms with van der Waals surface area (Å²) in [5, 5.41) is 8.79. The van der Waals surface area contributed by atoms with E-state index in [1.165, 1.54) is 57.8 Å². The van der Waals surface area contributed by atoms with Gasteiger partial charge in [-0.05, 0) is 12.8 Å². The Balaban J connectivity index is 2.51. The van der Waals surface area contributed by atoms with Gasteiger partial charge in [0.05, 0.1) is 12.5 Å². The first-order chi connectivity index (χ1) is 9.69. The van der Waals surface area contributed by atoms with Crippen LogP contribution in [0.1, 0.15) is 96.8 Å². The quantitative estimate of drug-likeness (QED) is 0.663. The van der Waals surface area contributed by atoms with Crippen LogP contribution in [0.3, 0.4) is 0 Å². The number of nitriles is 1. The molecule has 1 saturated carbocycles. The van der Waals surface area contributed by atoms with Gasteiger partial charge in [0.2, 0.25) is 0 Å². The zero-order valence-electron chi connectivity index (χ0n) is 13.3. The molecule has 0 aromatic carbocycles. The van der Waals surface area contributed by atoms with Gasteiger partial charge in [-0.15, -0.1) is 0 Å². The smallest absolute Gasteiger partial charge is 0.152 e. The number of ketones is 1. The standard InChI is InChI=1S/C18H31NO/c1-18(17(20)13-16-19)14-11-9-7-5-3-2-4-6-8-10-12-15-18/h2-15H2,1H3. The average Bonchev–Trinajstić information content (AvgIpc) is 2.43. The third-order valence-electron chi connectivity index (χ3n) is 4.87. The van der Waals surface area contributed by atoms with Gasteiger partial charge in [-0.25, -0.2) is 0 Å². The highest BCUT2D eigenvalue weighted by Crippen LogP contribution is 2.33. The van der Waals surface area contributed by atoms with Crippen LogP contribution in [0.15, 0.2) is 0 Å². The van der Waals surface area contributed by atoms with Crippen LogP contribution in [0.4, 0.5) is 0 Å². The van der Waals surface area contributed by atoms with Crippen molar-refractivity contribution in [2.45, 2.75) is 96.8 Å². The van der Waals surface area contributed by atoms with Crippen molar-refractivity contribution in [1.29, 1.82) is 5.26 Å². The minimum absolute atomic E-state index is 0.0938. The molecule has 0 saturated heterocycles. The molecular formula is C18H31NO. The summed E-state index contributed by atoms with van der Waals surface area (Å²) in [5.74, 6) is 0.173. The van der Waals surface area contributed by atoms with Gasteiger partial charge in [0.25, 0.3) is 0 Å². The highest BCUT2D eigenvalue weighted by Gasteiger charge is 2.31. The fourth-order valence-electron chi connectivity index (χ4n) is 3.31. The second-order valence-corrected chi connectivity index (χ2v) is 6.71. The van der Waals surface area contributed by atoms with Gasteiger partial charge in [0.15, 0.2) is 5.78 Å². The lowest BCUT2D eigenvalue weighted by Gasteiger charge is -2.27. The van der Waals surface area contributed by atoms with Crippen LogP contribution in [0.5, 0.6) is 0 Å². The van der Waals surface area contributed by atoms with Gasteiger partial charge < -0.3 is 0 Å². The van der Waals surface area contributed by atoms with Crippen LogP contribution in [0.2, 0.25) is 0 Å². The minimum atomic E-state index is -0.236. The number of hydrogen-bond donors (Lipinski definition) is 0. The largest absolute Gasteiger partial charge is 0.298 e. The fourth-order valence-corrected chi connectivity index (χ4v) is 3.31. The number of hydrogen-bond acceptors (Lipinski definition) is 2. The Labute approximate surface area is 124 Å². The first-order valence-electron chi connectivity index (χ1n) is 8.59. The molecule has 20 heavy (non-hydrogen) atoms. The van der Waals surface area contributed by atoms with Gasteiger partial charge in [0.1, 0.15) is 0 Å². The molecule has 0 bridgehead atoms. The molecule has 114 valence electrons. The number of Topliss-reactive ketones (excluding diaryl/α,β-unsaturated/α-hetero) is 1. The average molecular weight is 277 g/mol. The minimum Gasteiger partial charge on any atom is -0.298 e. The van der Waals surface area contributed by atoms with Gasteiger partial charge in [-0.1, -0.05) is 77.6 Å². The van der Waals surface area contributed by atoms with Crippen LogP contribution in [-0.4, -0.2) is 5.78 Å². The second-order valence-electron chi connectivity index (χ2n) is 6.71. The van der Waals surface area contributed by atoms with Crippen molar-refractivity contribution in [3.63, 3.8) is 0 Å². The zero-order chi connectivity index (χ0) is 14.7. The molecule has 0 amide bonds.